The molecular weight excluding hydrogens is 192 g/mol. The number of nitrogens with one attached hydrogen (secondary N) is 1. The molecule has 1 aliphatic carbocycles. The summed E-state index contributed by atoms with van der Waals surface area (Å²) < 4.78 is 4.84. The molecule has 4 heteroatoms. The molecule has 1 saturated heterocycles. The first-order valence-electron chi connectivity index (χ1n) is 5.73. The van der Waals surface area contributed by atoms with Crippen LogP contribution in [0.3, 0.4) is 0 Å². The van der Waals surface area contributed by atoms with Gasteiger partial charge < -0.3 is 15.0 Å². The lowest BCUT2D eigenvalue weighted by Gasteiger charge is -2.20. The third-order valence-electron chi connectivity index (χ3n) is 3.36. The minimum atomic E-state index is -0.0907. The van der Waals surface area contributed by atoms with Gasteiger partial charge >= 0.3 is 5.97 Å². The molecule has 2 unspecified atom stereocenters. The Hall–Kier alpha value is -0.610. The van der Waals surface area contributed by atoms with Gasteiger partial charge in [0.05, 0.1) is 7.11 Å². The minimum Gasteiger partial charge on any atom is -0.468 e. The zero-order valence-corrected chi connectivity index (χ0v) is 9.53. The molecule has 15 heavy (non-hydrogen) atoms. The van der Waals surface area contributed by atoms with Gasteiger partial charge in [0.25, 0.3) is 0 Å². The molecular formula is C11H20N2O2. The number of methoxy groups -OCH3 is 1. The molecule has 2 atom stereocenters. The Balaban J connectivity index is 1.86. The van der Waals surface area contributed by atoms with Crippen molar-refractivity contribution in [1.29, 1.82) is 0 Å². The Morgan fingerprint density at radius 2 is 2.20 bits per heavy atom. The fourth-order valence-electron chi connectivity index (χ4n) is 2.28. The van der Waals surface area contributed by atoms with Gasteiger partial charge in [0.1, 0.15) is 6.04 Å². The number of hydrogen-bond acceptors (Lipinski definition) is 4. The average Bonchev–Trinajstić information content (AvgIpc) is 2.98. The molecule has 2 aliphatic rings. The summed E-state index contributed by atoms with van der Waals surface area (Å²) in [5, 5.41) is 3.44. The quantitative estimate of drug-likeness (QED) is 0.677. The first-order chi connectivity index (χ1) is 7.20. The molecule has 86 valence electrons. The standard InChI is InChI=1S/C11H20N2O2/c1-13-6-5-9(7-13)12-10(8-3-4-8)11(14)15-2/h8-10,12H,3-7H2,1-2H3. The second kappa shape index (κ2) is 4.49. The summed E-state index contributed by atoms with van der Waals surface area (Å²) in [5.74, 6) is 0.426. The highest BCUT2D eigenvalue weighted by Crippen LogP contribution is 2.33. The Kier molecular flexibility index (Phi) is 3.26. The monoisotopic (exact) mass is 212 g/mol. The molecule has 0 spiro atoms. The molecule has 0 aromatic heterocycles. The van der Waals surface area contributed by atoms with E-state index in [-0.39, 0.29) is 12.0 Å². The van der Waals surface area contributed by atoms with E-state index in [1.165, 1.54) is 7.11 Å². The van der Waals surface area contributed by atoms with Crippen molar-refractivity contribution in [2.45, 2.75) is 31.3 Å². The van der Waals surface area contributed by atoms with Crippen LogP contribution in [0.2, 0.25) is 0 Å². The third kappa shape index (κ3) is 2.69. The minimum absolute atomic E-state index is 0.0634. The molecule has 2 fully saturated rings. The molecule has 0 radical (unpaired) electrons. The summed E-state index contributed by atoms with van der Waals surface area (Å²) in [6, 6.07) is 0.395. The van der Waals surface area contributed by atoms with E-state index >= 15 is 0 Å². The molecule has 0 aromatic rings. The van der Waals surface area contributed by atoms with Crippen molar-refractivity contribution < 1.29 is 9.53 Å². The molecule has 1 heterocycles. The van der Waals surface area contributed by atoms with Crippen molar-refractivity contribution in [2.75, 3.05) is 27.2 Å². The highest BCUT2D eigenvalue weighted by Gasteiger charge is 2.38. The van der Waals surface area contributed by atoms with Crippen molar-refractivity contribution >= 4 is 5.97 Å². The van der Waals surface area contributed by atoms with Crippen LogP contribution in [0, 0.1) is 5.92 Å². The predicted octanol–water partition coefficient (Wildman–Crippen LogP) is 0.232. The highest BCUT2D eigenvalue weighted by atomic mass is 16.5. The number of nitrogens with zero attached hydrogens (tertiary/aromatic N) is 1. The predicted molar refractivity (Wildman–Crippen MR) is 57.6 cm³/mol. The lowest BCUT2D eigenvalue weighted by Crippen LogP contribution is -2.46. The molecule has 0 bridgehead atoms. The second-order valence-electron chi connectivity index (χ2n) is 4.75. The fraction of sp³-hybridized carbons (Fsp3) is 0.909. The zero-order chi connectivity index (χ0) is 10.8. The van der Waals surface area contributed by atoms with Crippen LogP contribution in [0.15, 0.2) is 0 Å². The number of ether oxygens (including phenoxy) is 1. The van der Waals surface area contributed by atoms with Crippen LogP contribution in [-0.2, 0) is 9.53 Å². The SMILES string of the molecule is COC(=O)C(NC1CCN(C)C1)C1CC1. The number of rotatable bonds is 4. The number of hydrogen-bond donors (Lipinski definition) is 1. The summed E-state index contributed by atoms with van der Waals surface area (Å²) in [5.41, 5.74) is 0. The van der Waals surface area contributed by atoms with E-state index in [1.807, 2.05) is 0 Å². The second-order valence-corrected chi connectivity index (χ2v) is 4.75. The van der Waals surface area contributed by atoms with E-state index in [2.05, 4.69) is 17.3 Å². The highest BCUT2D eigenvalue weighted by molar-refractivity contribution is 5.76. The Labute approximate surface area is 91.0 Å². The van der Waals surface area contributed by atoms with Gasteiger partial charge in [0.2, 0.25) is 0 Å². The Bertz CT molecular complexity index is 241. The van der Waals surface area contributed by atoms with Crippen molar-refractivity contribution in [3.8, 4) is 0 Å². The summed E-state index contributed by atoms with van der Waals surface area (Å²) in [7, 11) is 3.59. The number of esters is 1. The average molecular weight is 212 g/mol. The Morgan fingerprint density at radius 1 is 1.47 bits per heavy atom. The fourth-order valence-corrected chi connectivity index (χ4v) is 2.28. The molecule has 2 rings (SSSR count). The van der Waals surface area contributed by atoms with Gasteiger partial charge in [-0.15, -0.1) is 0 Å². The maximum atomic E-state index is 11.6. The van der Waals surface area contributed by atoms with E-state index in [0.29, 0.717) is 12.0 Å². The molecule has 4 nitrogen and oxygen atoms in total. The van der Waals surface area contributed by atoms with Gasteiger partial charge in [0, 0.05) is 12.6 Å². The van der Waals surface area contributed by atoms with Gasteiger partial charge in [-0.25, -0.2) is 0 Å². The summed E-state index contributed by atoms with van der Waals surface area (Å²) in [6.07, 6.45) is 3.46. The van der Waals surface area contributed by atoms with E-state index in [1.54, 1.807) is 0 Å². The van der Waals surface area contributed by atoms with Gasteiger partial charge in [-0.1, -0.05) is 0 Å². The summed E-state index contributed by atoms with van der Waals surface area (Å²) in [6.45, 7) is 2.16. The van der Waals surface area contributed by atoms with E-state index in [0.717, 1.165) is 32.4 Å². The van der Waals surface area contributed by atoms with Crippen LogP contribution in [0.5, 0.6) is 0 Å². The molecule has 1 aliphatic heterocycles. The third-order valence-corrected chi connectivity index (χ3v) is 3.36. The normalized spacial score (nSPS) is 29.1. The lowest BCUT2D eigenvalue weighted by molar-refractivity contribution is -0.143. The van der Waals surface area contributed by atoms with Gasteiger partial charge in [-0.05, 0) is 38.8 Å². The van der Waals surface area contributed by atoms with Crippen LogP contribution in [0.4, 0.5) is 0 Å². The van der Waals surface area contributed by atoms with Crippen molar-refractivity contribution in [3.05, 3.63) is 0 Å². The van der Waals surface area contributed by atoms with E-state index in [4.69, 9.17) is 4.74 Å². The first-order valence-corrected chi connectivity index (χ1v) is 5.73. The summed E-state index contributed by atoms with van der Waals surface area (Å²) in [4.78, 5) is 13.9. The topological polar surface area (TPSA) is 41.6 Å². The van der Waals surface area contributed by atoms with Crippen LogP contribution in [-0.4, -0.2) is 50.2 Å². The zero-order valence-electron chi connectivity index (χ0n) is 9.53. The largest absolute Gasteiger partial charge is 0.468 e. The van der Waals surface area contributed by atoms with Gasteiger partial charge in [-0.3, -0.25) is 4.79 Å². The Morgan fingerprint density at radius 3 is 2.67 bits per heavy atom. The van der Waals surface area contributed by atoms with Crippen LogP contribution in [0.25, 0.3) is 0 Å². The lowest BCUT2D eigenvalue weighted by atomic mass is 10.1. The summed E-state index contributed by atoms with van der Waals surface area (Å²) >= 11 is 0. The van der Waals surface area contributed by atoms with Crippen molar-refractivity contribution in [3.63, 3.8) is 0 Å². The number of likely N-dealkylation sites (N-methyl/N-ethyl adjacent to an activating group) is 1. The number of carbonyl (C=O) groups is 1. The molecule has 0 amide bonds. The number of likely N-dealkylation sites (tertiary alicyclic amines) is 1. The van der Waals surface area contributed by atoms with Crippen LogP contribution < -0.4 is 5.32 Å². The van der Waals surface area contributed by atoms with Crippen molar-refractivity contribution in [1.82, 2.24) is 10.2 Å². The maximum Gasteiger partial charge on any atom is 0.323 e. The van der Waals surface area contributed by atoms with Gasteiger partial charge in [0.15, 0.2) is 0 Å². The molecule has 1 saturated carbocycles. The van der Waals surface area contributed by atoms with E-state index < -0.39 is 0 Å². The van der Waals surface area contributed by atoms with E-state index in [9.17, 15) is 4.79 Å². The smallest absolute Gasteiger partial charge is 0.323 e. The number of carbonyl (C=O) groups excluding carboxylic acids is 1. The molecule has 0 aromatic carbocycles. The maximum absolute atomic E-state index is 11.6. The molecule has 1 N–H and O–H groups in total. The van der Waals surface area contributed by atoms with Crippen LogP contribution in [0.1, 0.15) is 19.3 Å². The van der Waals surface area contributed by atoms with Crippen molar-refractivity contribution in [2.24, 2.45) is 5.92 Å². The van der Waals surface area contributed by atoms with Crippen LogP contribution >= 0.6 is 0 Å². The first kappa shape index (κ1) is 10.9. The van der Waals surface area contributed by atoms with Gasteiger partial charge in [-0.2, -0.15) is 0 Å².